The van der Waals surface area contributed by atoms with Crippen molar-refractivity contribution >= 4 is 26.7 Å². The fourth-order valence-electron chi connectivity index (χ4n) is 3.39. The third kappa shape index (κ3) is 4.75. The Morgan fingerprint density at radius 2 is 1.96 bits per heavy atom. The topological polar surface area (TPSA) is 96.7 Å². The maximum Gasteiger partial charge on any atom is 0.336 e. The zero-order valence-corrected chi connectivity index (χ0v) is 16.6. The summed E-state index contributed by atoms with van der Waals surface area (Å²) < 4.78 is 28.3. The van der Waals surface area contributed by atoms with Gasteiger partial charge in [0.15, 0.2) is 9.84 Å². The molecule has 7 nitrogen and oxygen atoms in total. The number of carbonyl (C=O) groups excluding carboxylic acids is 1. The van der Waals surface area contributed by atoms with Crippen molar-refractivity contribution in [3.05, 3.63) is 45.3 Å². The van der Waals surface area contributed by atoms with E-state index >= 15 is 0 Å². The molecule has 0 bridgehead atoms. The van der Waals surface area contributed by atoms with Gasteiger partial charge in [0.2, 0.25) is 5.91 Å². The van der Waals surface area contributed by atoms with Gasteiger partial charge < -0.3 is 9.73 Å². The average molecular weight is 392 g/mol. The first-order valence-corrected chi connectivity index (χ1v) is 10.7. The van der Waals surface area contributed by atoms with Gasteiger partial charge in [0, 0.05) is 24.0 Å². The molecule has 0 spiro atoms. The predicted molar refractivity (Wildman–Crippen MR) is 103 cm³/mol. The minimum Gasteiger partial charge on any atom is -0.423 e. The average Bonchev–Trinajstić information content (AvgIpc) is 2.87. The molecule has 8 heteroatoms. The summed E-state index contributed by atoms with van der Waals surface area (Å²) in [6.07, 6.45) is 0.459. The zero-order chi connectivity index (χ0) is 19.8. The molecule has 27 heavy (non-hydrogen) atoms. The Morgan fingerprint density at radius 1 is 1.26 bits per heavy atom. The van der Waals surface area contributed by atoms with Crippen molar-refractivity contribution in [3.63, 3.8) is 0 Å². The van der Waals surface area contributed by atoms with Gasteiger partial charge in [-0.15, -0.1) is 0 Å². The van der Waals surface area contributed by atoms with E-state index in [9.17, 15) is 18.0 Å². The summed E-state index contributed by atoms with van der Waals surface area (Å²) in [5, 5.41) is 3.63. The number of amides is 1. The van der Waals surface area contributed by atoms with E-state index in [4.69, 9.17) is 4.42 Å². The number of likely N-dealkylation sites (N-methyl/N-ethyl adjacent to an activating group) is 1. The van der Waals surface area contributed by atoms with Crippen LogP contribution in [0.15, 0.2) is 27.4 Å². The van der Waals surface area contributed by atoms with Gasteiger partial charge in [-0.05, 0) is 56.1 Å². The smallest absolute Gasteiger partial charge is 0.336 e. The molecule has 1 saturated heterocycles. The van der Waals surface area contributed by atoms with Crippen molar-refractivity contribution in [1.82, 2.24) is 10.2 Å². The van der Waals surface area contributed by atoms with Gasteiger partial charge in [0.25, 0.3) is 0 Å². The summed E-state index contributed by atoms with van der Waals surface area (Å²) in [5.74, 6) is -0.0945. The van der Waals surface area contributed by atoms with E-state index in [1.165, 1.54) is 6.07 Å². The second-order valence-electron chi connectivity index (χ2n) is 7.36. The highest BCUT2D eigenvalue weighted by Crippen LogP contribution is 2.22. The molecule has 0 radical (unpaired) electrons. The van der Waals surface area contributed by atoms with E-state index in [1.54, 1.807) is 11.9 Å². The SMILES string of the molecule is Cc1cc2oc(=O)cc(CN(C)CC(=O)NC3CCS(=O)(=O)C3)c2cc1C. The Hall–Kier alpha value is -2.19. The van der Waals surface area contributed by atoms with Crippen LogP contribution in [-0.4, -0.2) is 50.4 Å². The maximum atomic E-state index is 12.2. The molecule has 2 aromatic rings. The van der Waals surface area contributed by atoms with Gasteiger partial charge >= 0.3 is 5.63 Å². The molecule has 1 N–H and O–H groups in total. The number of nitrogens with one attached hydrogen (secondary N) is 1. The number of hydrogen-bond acceptors (Lipinski definition) is 6. The molecule has 1 atom stereocenters. The number of fused-ring (bicyclic) bond motifs is 1. The largest absolute Gasteiger partial charge is 0.423 e. The fraction of sp³-hybridized carbons (Fsp3) is 0.474. The Kier molecular flexibility index (Phi) is 5.39. The quantitative estimate of drug-likeness (QED) is 0.767. The van der Waals surface area contributed by atoms with Crippen LogP contribution in [0.1, 0.15) is 23.1 Å². The highest BCUT2D eigenvalue weighted by molar-refractivity contribution is 7.91. The second kappa shape index (κ2) is 7.44. The van der Waals surface area contributed by atoms with Crippen LogP contribution < -0.4 is 10.9 Å². The van der Waals surface area contributed by atoms with Crippen LogP contribution >= 0.6 is 0 Å². The highest BCUT2D eigenvalue weighted by atomic mass is 32.2. The van der Waals surface area contributed by atoms with Crippen molar-refractivity contribution < 1.29 is 17.6 Å². The van der Waals surface area contributed by atoms with Crippen LogP contribution in [0.25, 0.3) is 11.0 Å². The van der Waals surface area contributed by atoms with Crippen molar-refractivity contribution in [2.75, 3.05) is 25.1 Å². The van der Waals surface area contributed by atoms with Crippen LogP contribution in [0.4, 0.5) is 0 Å². The van der Waals surface area contributed by atoms with Crippen molar-refractivity contribution in [2.24, 2.45) is 0 Å². The first-order chi connectivity index (χ1) is 12.6. The van der Waals surface area contributed by atoms with E-state index in [0.29, 0.717) is 18.5 Å². The zero-order valence-electron chi connectivity index (χ0n) is 15.7. The van der Waals surface area contributed by atoms with E-state index < -0.39 is 15.5 Å². The first kappa shape index (κ1) is 19.6. The summed E-state index contributed by atoms with van der Waals surface area (Å²) >= 11 is 0. The summed E-state index contributed by atoms with van der Waals surface area (Å²) in [7, 11) is -1.24. The molecular weight excluding hydrogens is 368 g/mol. The molecule has 3 rings (SSSR count). The van der Waals surface area contributed by atoms with Crippen LogP contribution in [0.2, 0.25) is 0 Å². The lowest BCUT2D eigenvalue weighted by atomic mass is 10.0. The van der Waals surface area contributed by atoms with Gasteiger partial charge in [0.1, 0.15) is 5.58 Å². The lowest BCUT2D eigenvalue weighted by molar-refractivity contribution is -0.122. The molecule has 2 heterocycles. The lowest BCUT2D eigenvalue weighted by Gasteiger charge is -2.19. The Bertz CT molecular complexity index is 1040. The van der Waals surface area contributed by atoms with Gasteiger partial charge in [-0.2, -0.15) is 0 Å². The monoisotopic (exact) mass is 392 g/mol. The van der Waals surface area contributed by atoms with Gasteiger partial charge in [0.05, 0.1) is 18.1 Å². The Balaban J connectivity index is 1.70. The molecular formula is C19H24N2O5S. The van der Waals surface area contributed by atoms with Gasteiger partial charge in [-0.3, -0.25) is 9.69 Å². The standard InChI is InChI=1S/C19H24N2O5S/c1-12-6-16-14(8-19(23)26-17(16)7-13(12)2)9-21(3)10-18(22)20-15-4-5-27(24,25)11-15/h6-8,15H,4-5,9-11H2,1-3H3,(H,20,22). The van der Waals surface area contributed by atoms with E-state index in [1.807, 2.05) is 26.0 Å². The maximum absolute atomic E-state index is 12.2. The molecule has 1 aliphatic rings. The van der Waals surface area contributed by atoms with Gasteiger partial charge in [-0.1, -0.05) is 0 Å². The van der Waals surface area contributed by atoms with Crippen molar-refractivity contribution in [1.29, 1.82) is 0 Å². The first-order valence-electron chi connectivity index (χ1n) is 8.85. The third-order valence-electron chi connectivity index (χ3n) is 4.90. The van der Waals surface area contributed by atoms with Crippen molar-refractivity contribution in [3.8, 4) is 0 Å². The lowest BCUT2D eigenvalue weighted by Crippen LogP contribution is -2.41. The predicted octanol–water partition coefficient (Wildman–Crippen LogP) is 1.14. The summed E-state index contributed by atoms with van der Waals surface area (Å²) in [6.45, 7) is 4.47. The van der Waals surface area contributed by atoms with E-state index in [2.05, 4.69) is 5.32 Å². The number of hydrogen-bond donors (Lipinski definition) is 1. The minimum absolute atomic E-state index is 0.00541. The highest BCUT2D eigenvalue weighted by Gasteiger charge is 2.29. The molecule has 1 aliphatic heterocycles. The molecule has 1 amide bonds. The Morgan fingerprint density at radius 3 is 2.63 bits per heavy atom. The number of nitrogens with zero attached hydrogens (tertiary/aromatic N) is 1. The summed E-state index contributed by atoms with van der Waals surface area (Å²) in [4.78, 5) is 25.9. The van der Waals surface area contributed by atoms with Gasteiger partial charge in [-0.25, -0.2) is 13.2 Å². The second-order valence-corrected chi connectivity index (χ2v) is 9.59. The third-order valence-corrected chi connectivity index (χ3v) is 6.66. The molecule has 1 unspecified atom stereocenters. The Labute approximate surface area is 158 Å². The summed E-state index contributed by atoms with van der Waals surface area (Å²) in [6, 6.07) is 4.98. The van der Waals surface area contributed by atoms with E-state index in [-0.39, 0.29) is 30.0 Å². The number of aryl methyl sites for hydroxylation is 2. The summed E-state index contributed by atoms with van der Waals surface area (Å²) in [5.41, 5.74) is 3.05. The van der Waals surface area contributed by atoms with Crippen LogP contribution in [0, 0.1) is 13.8 Å². The number of rotatable bonds is 5. The minimum atomic E-state index is -3.03. The molecule has 0 aliphatic carbocycles. The molecule has 1 aromatic heterocycles. The van der Waals surface area contributed by atoms with Crippen molar-refractivity contribution in [2.45, 2.75) is 32.9 Å². The molecule has 146 valence electrons. The number of sulfone groups is 1. The molecule has 0 saturated carbocycles. The van der Waals surface area contributed by atoms with Crippen LogP contribution in [0.3, 0.4) is 0 Å². The van der Waals surface area contributed by atoms with Crippen LogP contribution in [0.5, 0.6) is 0 Å². The number of benzene rings is 1. The van der Waals surface area contributed by atoms with Crippen LogP contribution in [-0.2, 0) is 21.2 Å². The fourth-order valence-corrected chi connectivity index (χ4v) is 5.06. The van der Waals surface area contributed by atoms with E-state index in [0.717, 1.165) is 22.1 Å². The normalized spacial score (nSPS) is 18.9. The molecule has 1 aromatic carbocycles. The number of carbonyl (C=O) groups is 1. The molecule has 1 fully saturated rings.